The van der Waals surface area contributed by atoms with Gasteiger partial charge in [-0.3, -0.25) is 9.69 Å². The van der Waals surface area contributed by atoms with Gasteiger partial charge in [0.15, 0.2) is 11.5 Å². The third kappa shape index (κ3) is 7.10. The van der Waals surface area contributed by atoms with E-state index in [1.54, 1.807) is 13.2 Å². The summed E-state index contributed by atoms with van der Waals surface area (Å²) in [7, 11) is 1.69. The molecule has 0 radical (unpaired) electrons. The maximum atomic E-state index is 14.2. The highest BCUT2D eigenvalue weighted by Gasteiger charge is 2.67. The summed E-state index contributed by atoms with van der Waals surface area (Å²) in [6, 6.07) is 13.1. The molecule has 2 aliphatic heterocycles. The van der Waals surface area contributed by atoms with Crippen molar-refractivity contribution in [2.75, 3.05) is 26.7 Å². The van der Waals surface area contributed by atoms with Gasteiger partial charge < -0.3 is 19.5 Å². The Hall–Kier alpha value is -2.73. The lowest BCUT2D eigenvalue weighted by molar-refractivity contribution is -0.143. The molecule has 2 aromatic carbocycles. The first kappa shape index (κ1) is 34.7. The molecule has 2 bridgehead atoms. The van der Waals surface area contributed by atoms with Gasteiger partial charge in [-0.15, -0.1) is 0 Å². The number of aryl methyl sites for hydroxylation is 1. The zero-order valence-electron chi connectivity index (χ0n) is 30.5. The minimum Gasteiger partial charge on any atom is -0.508 e. The largest absolute Gasteiger partial charge is 0.508 e. The molecule has 0 aromatic heterocycles. The van der Waals surface area contributed by atoms with Crippen LogP contribution in [0, 0.1) is 11.8 Å². The van der Waals surface area contributed by atoms with Gasteiger partial charge in [-0.05, 0) is 88.2 Å². The van der Waals surface area contributed by atoms with Crippen LogP contribution in [0.1, 0.15) is 133 Å². The minimum absolute atomic E-state index is 0.0670. The lowest BCUT2D eigenvalue weighted by atomic mass is 9.50. The van der Waals surface area contributed by atoms with E-state index in [1.807, 2.05) is 0 Å². The maximum absolute atomic E-state index is 14.2. The van der Waals surface area contributed by atoms with E-state index in [0.717, 1.165) is 88.1 Å². The molecule has 6 nitrogen and oxygen atoms in total. The van der Waals surface area contributed by atoms with Crippen molar-refractivity contribution in [1.82, 2.24) is 9.80 Å². The molecular weight excluding hydrogens is 608 g/mol. The Morgan fingerprint density at radius 1 is 0.980 bits per heavy atom. The first-order chi connectivity index (χ1) is 24.0. The Morgan fingerprint density at radius 3 is 2.47 bits per heavy atom. The van der Waals surface area contributed by atoms with Gasteiger partial charge in [0.05, 0.1) is 13.2 Å². The molecule has 5 atom stereocenters. The van der Waals surface area contributed by atoms with Gasteiger partial charge in [-0.25, -0.2) is 0 Å². The monoisotopic (exact) mass is 670 g/mol. The normalized spacial score (nSPS) is 26.7. The summed E-state index contributed by atoms with van der Waals surface area (Å²) < 4.78 is 13.0. The van der Waals surface area contributed by atoms with Crippen molar-refractivity contribution in [1.29, 1.82) is 0 Å². The molecule has 0 unspecified atom stereocenters. The molecule has 2 aromatic rings. The van der Waals surface area contributed by atoms with E-state index in [9.17, 15) is 9.90 Å². The molecule has 1 amide bonds. The number of rotatable bonds is 19. The third-order valence-electron chi connectivity index (χ3n) is 13.1. The van der Waals surface area contributed by atoms with E-state index in [4.69, 9.17) is 9.47 Å². The van der Waals surface area contributed by atoms with E-state index in [-0.39, 0.29) is 17.6 Å². The second kappa shape index (κ2) is 15.7. The number of hydrogen-bond acceptors (Lipinski definition) is 5. The van der Waals surface area contributed by atoms with Crippen LogP contribution in [0.15, 0.2) is 36.4 Å². The summed E-state index contributed by atoms with van der Waals surface area (Å²) in [4.78, 5) is 19.3. The lowest BCUT2D eigenvalue weighted by Crippen LogP contribution is -2.69. The SMILES string of the molecule is CCCCCN(C(=O)CCCCCCCCCCc1ccccc1)[C@@H]1CC[C@H]2[C@H]3Cc4c(O)cc(OC)c5c4[C@@]2(CCN3CC2CC2)[C@H]1O5. The number of carbonyl (C=O) groups is 1. The number of carbonyl (C=O) groups excluding carboxylic acids is 1. The summed E-state index contributed by atoms with van der Waals surface area (Å²) in [5.74, 6) is 3.53. The van der Waals surface area contributed by atoms with Crippen LogP contribution in [-0.4, -0.2) is 65.7 Å². The zero-order chi connectivity index (χ0) is 33.8. The van der Waals surface area contributed by atoms with Gasteiger partial charge in [-0.2, -0.15) is 0 Å². The Kier molecular flexibility index (Phi) is 11.1. The number of hydrogen-bond donors (Lipinski definition) is 1. The second-order valence-corrected chi connectivity index (χ2v) is 16.2. The van der Waals surface area contributed by atoms with Crippen LogP contribution in [0.4, 0.5) is 0 Å². The fraction of sp³-hybridized carbons (Fsp3) is 0.698. The highest BCUT2D eigenvalue weighted by atomic mass is 16.5. The fourth-order valence-corrected chi connectivity index (χ4v) is 10.4. The Bertz CT molecular complexity index is 1410. The van der Waals surface area contributed by atoms with Gasteiger partial charge in [-0.1, -0.05) is 88.6 Å². The van der Waals surface area contributed by atoms with E-state index < -0.39 is 0 Å². The van der Waals surface area contributed by atoms with Crippen molar-refractivity contribution in [2.24, 2.45) is 11.8 Å². The van der Waals surface area contributed by atoms with Crippen molar-refractivity contribution in [2.45, 2.75) is 153 Å². The molecule has 1 spiro atoms. The average Bonchev–Trinajstić information content (AvgIpc) is 3.87. The first-order valence-corrected chi connectivity index (χ1v) is 20.2. The summed E-state index contributed by atoms with van der Waals surface area (Å²) in [6.45, 7) is 5.34. The molecule has 7 rings (SSSR count). The predicted octanol–water partition coefficient (Wildman–Crippen LogP) is 8.99. The zero-order valence-corrected chi connectivity index (χ0v) is 30.5. The van der Waals surface area contributed by atoms with Crippen molar-refractivity contribution in [3.63, 3.8) is 0 Å². The third-order valence-corrected chi connectivity index (χ3v) is 13.1. The number of amides is 1. The summed E-state index contributed by atoms with van der Waals surface area (Å²) in [6.07, 6.45) is 21.7. The Morgan fingerprint density at radius 2 is 1.73 bits per heavy atom. The number of methoxy groups -OCH3 is 1. The highest BCUT2D eigenvalue weighted by molar-refractivity contribution is 5.77. The molecule has 5 aliphatic rings. The van der Waals surface area contributed by atoms with Gasteiger partial charge in [0, 0.05) is 48.2 Å². The number of likely N-dealkylation sites (tertiary alicyclic amines) is 1. The van der Waals surface area contributed by atoms with Gasteiger partial charge in [0.1, 0.15) is 11.9 Å². The molecule has 2 heterocycles. The van der Waals surface area contributed by atoms with Crippen molar-refractivity contribution in [3.8, 4) is 17.2 Å². The molecule has 49 heavy (non-hydrogen) atoms. The summed E-state index contributed by atoms with van der Waals surface area (Å²) >= 11 is 0. The number of benzene rings is 2. The number of nitrogens with zero attached hydrogens (tertiary/aromatic N) is 2. The van der Waals surface area contributed by atoms with E-state index in [2.05, 4.69) is 47.1 Å². The molecule has 3 aliphatic carbocycles. The molecule has 2 saturated carbocycles. The smallest absolute Gasteiger partial charge is 0.222 e. The fourth-order valence-electron chi connectivity index (χ4n) is 10.4. The summed E-state index contributed by atoms with van der Waals surface area (Å²) in [5.41, 5.74) is 3.61. The van der Waals surface area contributed by atoms with E-state index in [0.29, 0.717) is 35.8 Å². The molecule has 1 N–H and O–H groups in total. The summed E-state index contributed by atoms with van der Waals surface area (Å²) in [5, 5.41) is 11.4. The van der Waals surface area contributed by atoms with Crippen LogP contribution in [0.5, 0.6) is 17.2 Å². The highest BCUT2D eigenvalue weighted by Crippen LogP contribution is 2.66. The molecule has 3 fully saturated rings. The quantitative estimate of drug-likeness (QED) is 0.151. The van der Waals surface area contributed by atoms with E-state index in [1.165, 1.54) is 75.5 Å². The number of phenols is 1. The average molecular weight is 671 g/mol. The molecular formula is C43H62N2O4. The van der Waals surface area contributed by atoms with Crippen LogP contribution < -0.4 is 9.47 Å². The molecule has 1 saturated heterocycles. The maximum Gasteiger partial charge on any atom is 0.222 e. The van der Waals surface area contributed by atoms with Crippen LogP contribution in [-0.2, 0) is 23.1 Å². The van der Waals surface area contributed by atoms with Crippen molar-refractivity contribution >= 4 is 5.91 Å². The molecule has 6 heteroatoms. The van der Waals surface area contributed by atoms with Crippen LogP contribution in [0.2, 0.25) is 0 Å². The standard InChI is InChI=1S/C43H62N2O4/c1-3-4-16-26-45(39(47)20-15-10-8-6-5-7-9-12-17-31-18-13-11-14-19-31)35-24-23-34-36-28-33-37(46)29-38(48-2)41-40(33)43(34,42(35)49-41)25-27-44(36)30-32-21-22-32/h11,13-14,18-19,29,32,34-36,42,46H,3-10,12,15-17,20-28,30H2,1-2H3/t34-,35+,36+,42-,43-/m0/s1. The number of ether oxygens (including phenoxy) is 2. The lowest BCUT2D eigenvalue weighted by Gasteiger charge is -2.60. The van der Waals surface area contributed by atoms with Crippen LogP contribution in [0.25, 0.3) is 0 Å². The minimum atomic E-state index is -0.160. The second-order valence-electron chi connectivity index (χ2n) is 16.2. The van der Waals surface area contributed by atoms with Gasteiger partial charge >= 0.3 is 0 Å². The molecule has 268 valence electrons. The van der Waals surface area contributed by atoms with Crippen LogP contribution in [0.3, 0.4) is 0 Å². The Balaban J connectivity index is 0.994. The van der Waals surface area contributed by atoms with Gasteiger partial charge in [0.2, 0.25) is 5.91 Å². The topological polar surface area (TPSA) is 62.2 Å². The number of aromatic hydroxyl groups is 1. The number of unbranched alkanes of at least 4 members (excludes halogenated alkanes) is 9. The van der Waals surface area contributed by atoms with Crippen LogP contribution >= 0.6 is 0 Å². The van der Waals surface area contributed by atoms with Crippen molar-refractivity contribution < 1.29 is 19.4 Å². The number of phenolic OH excluding ortho intramolecular Hbond substituents is 1. The predicted molar refractivity (Wildman–Crippen MR) is 197 cm³/mol. The first-order valence-electron chi connectivity index (χ1n) is 20.2. The Labute approximate surface area is 295 Å². The van der Waals surface area contributed by atoms with E-state index >= 15 is 0 Å². The van der Waals surface area contributed by atoms with Crippen molar-refractivity contribution in [3.05, 3.63) is 53.1 Å². The van der Waals surface area contributed by atoms with Gasteiger partial charge in [0.25, 0.3) is 0 Å². The number of piperidine rings is 1.